The highest BCUT2D eigenvalue weighted by Crippen LogP contribution is 2.22. The van der Waals surface area contributed by atoms with E-state index in [1.165, 1.54) is 37.5 Å². The molecule has 0 spiro atoms. The second kappa shape index (κ2) is 8.51. The van der Waals surface area contributed by atoms with Crippen molar-refractivity contribution in [2.75, 3.05) is 13.6 Å². The van der Waals surface area contributed by atoms with Crippen molar-refractivity contribution in [1.29, 1.82) is 0 Å². The predicted octanol–water partition coefficient (Wildman–Crippen LogP) is 2.43. The van der Waals surface area contributed by atoms with Crippen LogP contribution in [0.1, 0.15) is 16.7 Å². The fourth-order valence-electron chi connectivity index (χ4n) is 2.35. The minimum Gasteiger partial charge on any atom is -0.507 e. The lowest BCUT2D eigenvalue weighted by Crippen LogP contribution is -2.36. The Labute approximate surface area is 163 Å². The van der Waals surface area contributed by atoms with Crippen LogP contribution in [0.15, 0.2) is 46.4 Å². The Morgan fingerprint density at radius 2 is 1.78 bits per heavy atom. The van der Waals surface area contributed by atoms with Gasteiger partial charge in [-0.2, -0.15) is 9.41 Å². The molecule has 0 saturated heterocycles. The van der Waals surface area contributed by atoms with Crippen LogP contribution in [0.4, 0.5) is 0 Å². The van der Waals surface area contributed by atoms with Gasteiger partial charge < -0.3 is 5.11 Å². The topological polar surface area (TPSA) is 99.1 Å². The molecular formula is C18H20ClN3O4S. The molecule has 2 N–H and O–H groups in total. The first-order chi connectivity index (χ1) is 12.6. The quantitative estimate of drug-likeness (QED) is 0.565. The Morgan fingerprint density at radius 1 is 1.22 bits per heavy atom. The summed E-state index contributed by atoms with van der Waals surface area (Å²) in [6.07, 6.45) is 1.42. The van der Waals surface area contributed by atoms with E-state index in [9.17, 15) is 18.3 Å². The first kappa shape index (κ1) is 20.9. The Morgan fingerprint density at radius 3 is 2.33 bits per heavy atom. The van der Waals surface area contributed by atoms with Crippen LogP contribution in [-0.2, 0) is 14.8 Å². The van der Waals surface area contributed by atoms with Crippen molar-refractivity contribution in [1.82, 2.24) is 9.73 Å². The van der Waals surface area contributed by atoms with Gasteiger partial charge in [0.15, 0.2) is 0 Å². The number of benzene rings is 2. The molecule has 0 aliphatic rings. The lowest BCUT2D eigenvalue weighted by Gasteiger charge is -2.16. The van der Waals surface area contributed by atoms with Crippen LogP contribution in [-0.4, -0.2) is 43.5 Å². The van der Waals surface area contributed by atoms with Gasteiger partial charge in [-0.05, 0) is 66.9 Å². The Kier molecular flexibility index (Phi) is 6.59. The number of carbonyl (C=O) groups excluding carboxylic acids is 1. The standard InChI is InChI=1S/C18H20ClN3O4S/c1-12-8-14(9-13(2)18(12)24)10-20-21-17(23)11-22(3)27(25,26)16-6-4-15(19)5-7-16/h4-10,24H,11H2,1-3H3,(H,21,23)/b20-10+. The molecule has 0 bridgehead atoms. The van der Waals surface area contributed by atoms with E-state index in [0.29, 0.717) is 21.7 Å². The van der Waals surface area contributed by atoms with Crippen LogP contribution in [0.25, 0.3) is 0 Å². The molecule has 9 heteroatoms. The first-order valence-electron chi connectivity index (χ1n) is 7.95. The maximum Gasteiger partial charge on any atom is 0.255 e. The summed E-state index contributed by atoms with van der Waals surface area (Å²) in [5.41, 5.74) is 4.37. The third-order valence-corrected chi connectivity index (χ3v) is 5.87. The summed E-state index contributed by atoms with van der Waals surface area (Å²) >= 11 is 5.76. The molecule has 7 nitrogen and oxygen atoms in total. The number of rotatable bonds is 6. The van der Waals surface area contributed by atoms with Gasteiger partial charge in [0, 0.05) is 12.1 Å². The molecule has 0 aromatic heterocycles. The summed E-state index contributed by atoms with van der Waals surface area (Å²) in [5.74, 6) is -0.372. The Bertz CT molecular complexity index is 950. The molecule has 0 saturated carbocycles. The molecule has 0 aliphatic carbocycles. The number of hydrazone groups is 1. The maximum absolute atomic E-state index is 12.4. The highest BCUT2D eigenvalue weighted by molar-refractivity contribution is 7.89. The number of hydrogen-bond acceptors (Lipinski definition) is 5. The lowest BCUT2D eigenvalue weighted by atomic mass is 10.1. The molecule has 0 radical (unpaired) electrons. The molecular weight excluding hydrogens is 390 g/mol. The maximum atomic E-state index is 12.4. The highest BCUT2D eigenvalue weighted by Gasteiger charge is 2.22. The Hall–Kier alpha value is -2.42. The number of carbonyl (C=O) groups is 1. The van der Waals surface area contributed by atoms with Gasteiger partial charge in [0.25, 0.3) is 5.91 Å². The number of phenolic OH excluding ortho intramolecular Hbond substituents is 1. The third kappa shape index (κ3) is 5.29. The summed E-state index contributed by atoms with van der Waals surface area (Å²) in [6, 6.07) is 9.12. The van der Waals surface area contributed by atoms with Gasteiger partial charge in [0.1, 0.15) is 5.75 Å². The normalized spacial score (nSPS) is 11.9. The molecule has 27 heavy (non-hydrogen) atoms. The molecule has 0 atom stereocenters. The average molecular weight is 410 g/mol. The molecule has 2 rings (SSSR count). The van der Waals surface area contributed by atoms with Crippen LogP contribution in [0.5, 0.6) is 5.75 Å². The molecule has 0 fully saturated rings. The number of phenols is 1. The van der Waals surface area contributed by atoms with Crippen LogP contribution in [0, 0.1) is 13.8 Å². The van der Waals surface area contributed by atoms with Crippen molar-refractivity contribution >= 4 is 33.7 Å². The van der Waals surface area contributed by atoms with Gasteiger partial charge in [-0.1, -0.05) is 11.6 Å². The summed E-state index contributed by atoms with van der Waals surface area (Å²) in [4.78, 5) is 12.0. The fourth-order valence-corrected chi connectivity index (χ4v) is 3.60. The van der Waals surface area contributed by atoms with Gasteiger partial charge in [0.05, 0.1) is 17.7 Å². The van der Waals surface area contributed by atoms with Crippen molar-refractivity contribution in [3.05, 3.63) is 58.1 Å². The van der Waals surface area contributed by atoms with E-state index in [-0.39, 0.29) is 10.6 Å². The van der Waals surface area contributed by atoms with Gasteiger partial charge in [0.2, 0.25) is 10.0 Å². The second-order valence-corrected chi connectivity index (χ2v) is 8.49. The summed E-state index contributed by atoms with van der Waals surface area (Å²) in [7, 11) is -2.50. The second-order valence-electron chi connectivity index (χ2n) is 6.01. The SMILES string of the molecule is Cc1cc(/C=N/NC(=O)CN(C)S(=O)(=O)c2ccc(Cl)cc2)cc(C)c1O. The minimum atomic E-state index is -3.81. The number of nitrogens with one attached hydrogen (secondary N) is 1. The van der Waals surface area contributed by atoms with E-state index < -0.39 is 22.5 Å². The van der Waals surface area contributed by atoms with Crippen molar-refractivity contribution in [2.45, 2.75) is 18.7 Å². The van der Waals surface area contributed by atoms with E-state index in [4.69, 9.17) is 11.6 Å². The van der Waals surface area contributed by atoms with Gasteiger partial charge in [-0.15, -0.1) is 0 Å². The van der Waals surface area contributed by atoms with Crippen molar-refractivity contribution in [3.8, 4) is 5.75 Å². The first-order valence-corrected chi connectivity index (χ1v) is 9.77. The number of amides is 1. The fraction of sp³-hybridized carbons (Fsp3) is 0.222. The van der Waals surface area contributed by atoms with Gasteiger partial charge >= 0.3 is 0 Å². The molecule has 0 heterocycles. The van der Waals surface area contributed by atoms with E-state index in [1.807, 2.05) is 0 Å². The van der Waals surface area contributed by atoms with E-state index in [1.54, 1.807) is 26.0 Å². The monoisotopic (exact) mass is 409 g/mol. The smallest absolute Gasteiger partial charge is 0.255 e. The number of halogens is 1. The predicted molar refractivity (Wildman–Crippen MR) is 105 cm³/mol. The number of aromatic hydroxyl groups is 1. The average Bonchev–Trinajstić information content (AvgIpc) is 2.59. The zero-order chi connectivity index (χ0) is 20.2. The van der Waals surface area contributed by atoms with Crippen LogP contribution < -0.4 is 5.43 Å². The lowest BCUT2D eigenvalue weighted by molar-refractivity contribution is -0.121. The number of aryl methyl sites for hydroxylation is 2. The largest absolute Gasteiger partial charge is 0.507 e. The van der Waals surface area contributed by atoms with Crippen LogP contribution >= 0.6 is 11.6 Å². The Balaban J connectivity index is 1.99. The zero-order valence-electron chi connectivity index (χ0n) is 15.1. The van der Waals surface area contributed by atoms with Crippen LogP contribution in [0.3, 0.4) is 0 Å². The molecule has 0 unspecified atom stereocenters. The van der Waals surface area contributed by atoms with Crippen molar-refractivity contribution in [3.63, 3.8) is 0 Å². The third-order valence-electron chi connectivity index (χ3n) is 3.80. The number of hydrogen-bond donors (Lipinski definition) is 2. The van der Waals surface area contributed by atoms with Gasteiger partial charge in [-0.25, -0.2) is 13.8 Å². The number of likely N-dealkylation sites (N-methyl/N-ethyl adjacent to an activating group) is 1. The molecule has 2 aromatic rings. The van der Waals surface area contributed by atoms with Crippen molar-refractivity contribution in [2.24, 2.45) is 5.10 Å². The molecule has 0 aliphatic heterocycles. The minimum absolute atomic E-state index is 0.0424. The number of nitrogens with zero attached hydrogens (tertiary/aromatic N) is 2. The zero-order valence-corrected chi connectivity index (χ0v) is 16.7. The van der Waals surface area contributed by atoms with Crippen molar-refractivity contribution < 1.29 is 18.3 Å². The number of sulfonamides is 1. The van der Waals surface area contributed by atoms with Crippen LogP contribution in [0.2, 0.25) is 5.02 Å². The van der Waals surface area contributed by atoms with Gasteiger partial charge in [-0.3, -0.25) is 4.79 Å². The molecule has 1 amide bonds. The highest BCUT2D eigenvalue weighted by atomic mass is 35.5. The molecule has 144 valence electrons. The van der Waals surface area contributed by atoms with E-state index in [0.717, 1.165) is 4.31 Å². The molecule has 2 aromatic carbocycles. The summed E-state index contributed by atoms with van der Waals surface area (Å²) in [6.45, 7) is 3.12. The van der Waals surface area contributed by atoms with E-state index in [2.05, 4.69) is 10.5 Å². The summed E-state index contributed by atoms with van der Waals surface area (Å²) < 4.78 is 25.8. The van der Waals surface area contributed by atoms with E-state index >= 15 is 0 Å². The summed E-state index contributed by atoms with van der Waals surface area (Å²) in [5, 5.41) is 14.0.